The van der Waals surface area contributed by atoms with E-state index in [0.29, 0.717) is 24.2 Å². The van der Waals surface area contributed by atoms with Gasteiger partial charge in [0, 0.05) is 89.0 Å². The van der Waals surface area contributed by atoms with Crippen LogP contribution in [0.1, 0.15) is 11.1 Å². The van der Waals surface area contributed by atoms with Gasteiger partial charge in [-0.1, -0.05) is 12.1 Å². The quantitative estimate of drug-likeness (QED) is 0.535. The van der Waals surface area contributed by atoms with Gasteiger partial charge in [0.15, 0.2) is 0 Å². The topological polar surface area (TPSA) is 85.5 Å². The van der Waals surface area contributed by atoms with Crippen LogP contribution < -0.4 is 20.2 Å². The van der Waals surface area contributed by atoms with E-state index >= 15 is 0 Å². The van der Waals surface area contributed by atoms with Gasteiger partial charge < -0.3 is 24.1 Å². The highest BCUT2D eigenvalue weighted by Crippen LogP contribution is 2.26. The molecule has 0 bridgehead atoms. The zero-order chi connectivity index (χ0) is 24.9. The zero-order valence-corrected chi connectivity index (χ0v) is 20.7. The molecule has 0 aliphatic carbocycles. The molecule has 3 aromatic rings. The Morgan fingerprint density at radius 3 is 2.33 bits per heavy atom. The molecular formula is C27H33N5O4. The average molecular weight is 492 g/mol. The van der Waals surface area contributed by atoms with Crippen molar-refractivity contribution in [1.29, 1.82) is 0 Å². The summed E-state index contributed by atoms with van der Waals surface area (Å²) >= 11 is 0. The third-order valence-corrected chi connectivity index (χ3v) is 7.06. The van der Waals surface area contributed by atoms with Crippen molar-refractivity contribution < 1.29 is 14.3 Å². The van der Waals surface area contributed by atoms with Crippen molar-refractivity contribution in [2.45, 2.75) is 13.1 Å². The van der Waals surface area contributed by atoms with E-state index in [9.17, 15) is 9.90 Å². The molecule has 0 atom stereocenters. The Kier molecular flexibility index (Phi) is 7.39. The van der Waals surface area contributed by atoms with E-state index in [-0.39, 0.29) is 5.75 Å². The molecule has 2 aromatic heterocycles. The first-order valence-corrected chi connectivity index (χ1v) is 12.4. The molecule has 9 nitrogen and oxygen atoms in total. The van der Waals surface area contributed by atoms with Crippen LogP contribution in [0.25, 0.3) is 0 Å². The van der Waals surface area contributed by atoms with Gasteiger partial charge in [0.05, 0.1) is 12.7 Å². The molecule has 0 amide bonds. The Bertz CT molecular complexity index is 1200. The van der Waals surface area contributed by atoms with E-state index in [4.69, 9.17) is 9.15 Å². The number of hydrogen-bond acceptors (Lipinski definition) is 9. The molecule has 4 heterocycles. The molecule has 2 saturated heterocycles. The highest BCUT2D eigenvalue weighted by Gasteiger charge is 2.24. The molecule has 0 spiro atoms. The van der Waals surface area contributed by atoms with Crippen LogP contribution in [0.3, 0.4) is 0 Å². The van der Waals surface area contributed by atoms with Crippen LogP contribution in [-0.4, -0.2) is 79.4 Å². The molecule has 1 aromatic carbocycles. The van der Waals surface area contributed by atoms with Gasteiger partial charge in [-0.2, -0.15) is 0 Å². The number of aromatic nitrogens is 1. The van der Waals surface area contributed by atoms with Crippen molar-refractivity contribution in [3.8, 4) is 11.5 Å². The summed E-state index contributed by atoms with van der Waals surface area (Å²) in [7, 11) is 1.68. The first-order chi connectivity index (χ1) is 17.6. The third kappa shape index (κ3) is 5.47. The Balaban J connectivity index is 1.18. The smallest absolute Gasteiger partial charge is 0.343 e. The predicted octanol–water partition coefficient (Wildman–Crippen LogP) is 2.39. The Morgan fingerprint density at radius 2 is 1.64 bits per heavy atom. The minimum atomic E-state index is -0.466. The fraction of sp³-hybridized carbons (Fsp3) is 0.407. The van der Waals surface area contributed by atoms with E-state index < -0.39 is 5.63 Å². The molecule has 2 aliphatic heterocycles. The number of ether oxygens (including phenoxy) is 1. The van der Waals surface area contributed by atoms with E-state index in [1.54, 1.807) is 13.3 Å². The van der Waals surface area contributed by atoms with Gasteiger partial charge in [-0.15, -0.1) is 0 Å². The summed E-state index contributed by atoms with van der Waals surface area (Å²) in [5.41, 5.74) is 1.68. The maximum Gasteiger partial charge on any atom is 0.343 e. The molecular weight excluding hydrogens is 458 g/mol. The highest BCUT2D eigenvalue weighted by atomic mass is 16.5. The minimum Gasteiger partial charge on any atom is -0.507 e. The van der Waals surface area contributed by atoms with Crippen LogP contribution in [0.4, 0.5) is 11.5 Å². The molecule has 0 radical (unpaired) electrons. The highest BCUT2D eigenvalue weighted by molar-refractivity contribution is 5.51. The Morgan fingerprint density at radius 1 is 0.917 bits per heavy atom. The standard InChI is InChI=1S/C27H33N5O4/c1-35-23-6-4-5-22(17-23)31-13-9-29(10-14-31)18-21-20-36-27(34)24(26(21)33)19-30-11-15-32(16-12-30)25-7-2-3-8-28-25/h2-8,17,20,33H,9-16,18-19H2,1H3. The first-order valence-electron chi connectivity index (χ1n) is 12.4. The number of pyridine rings is 1. The molecule has 1 N–H and O–H groups in total. The molecule has 190 valence electrons. The number of hydrogen-bond donors (Lipinski definition) is 1. The van der Waals surface area contributed by atoms with Crippen molar-refractivity contribution >= 4 is 11.5 Å². The predicted molar refractivity (Wildman–Crippen MR) is 139 cm³/mol. The molecule has 2 fully saturated rings. The van der Waals surface area contributed by atoms with Crippen molar-refractivity contribution in [2.24, 2.45) is 0 Å². The maximum atomic E-state index is 12.5. The lowest BCUT2D eigenvalue weighted by Crippen LogP contribution is -2.46. The minimum absolute atomic E-state index is 0.0635. The number of rotatable bonds is 7. The van der Waals surface area contributed by atoms with Crippen LogP contribution in [0, 0.1) is 0 Å². The van der Waals surface area contributed by atoms with Crippen molar-refractivity contribution in [2.75, 3.05) is 69.3 Å². The summed E-state index contributed by atoms with van der Waals surface area (Å²) in [6, 6.07) is 14.0. The molecule has 0 saturated carbocycles. The lowest BCUT2D eigenvalue weighted by molar-refractivity contribution is 0.233. The lowest BCUT2D eigenvalue weighted by Gasteiger charge is -2.36. The fourth-order valence-corrected chi connectivity index (χ4v) is 4.91. The third-order valence-electron chi connectivity index (χ3n) is 7.06. The average Bonchev–Trinajstić information content (AvgIpc) is 2.94. The van der Waals surface area contributed by atoms with Gasteiger partial charge >= 0.3 is 5.63 Å². The number of aromatic hydroxyl groups is 1. The lowest BCUT2D eigenvalue weighted by atomic mass is 10.1. The van der Waals surface area contributed by atoms with Crippen molar-refractivity contribution in [3.63, 3.8) is 0 Å². The van der Waals surface area contributed by atoms with E-state index in [1.165, 1.54) is 6.26 Å². The largest absolute Gasteiger partial charge is 0.507 e. The number of nitrogens with zero attached hydrogens (tertiary/aromatic N) is 5. The molecule has 36 heavy (non-hydrogen) atoms. The number of benzene rings is 1. The summed E-state index contributed by atoms with van der Waals surface area (Å²) in [6.07, 6.45) is 3.21. The second-order valence-electron chi connectivity index (χ2n) is 9.29. The Labute approximate surface area is 211 Å². The van der Waals surface area contributed by atoms with Gasteiger partial charge in [-0.25, -0.2) is 9.78 Å². The van der Waals surface area contributed by atoms with Crippen LogP contribution >= 0.6 is 0 Å². The molecule has 5 rings (SSSR count). The first kappa shape index (κ1) is 24.1. The number of piperazine rings is 2. The summed E-state index contributed by atoms with van der Waals surface area (Å²) in [5, 5.41) is 11.0. The SMILES string of the molecule is COc1cccc(N2CCN(Cc3coc(=O)c(CN4CCN(c5ccccn5)CC4)c3O)CC2)c1. The normalized spacial score (nSPS) is 17.4. The van der Waals surface area contributed by atoms with Crippen LogP contribution in [0.5, 0.6) is 11.5 Å². The second kappa shape index (κ2) is 11.0. The summed E-state index contributed by atoms with van der Waals surface area (Å²) in [5.74, 6) is 1.88. The number of anilines is 2. The van der Waals surface area contributed by atoms with Gasteiger partial charge in [0.2, 0.25) is 0 Å². The van der Waals surface area contributed by atoms with Crippen LogP contribution in [-0.2, 0) is 13.1 Å². The Hall–Kier alpha value is -3.56. The summed E-state index contributed by atoms with van der Waals surface area (Å²) in [6.45, 7) is 7.57. The summed E-state index contributed by atoms with van der Waals surface area (Å²) < 4.78 is 10.7. The van der Waals surface area contributed by atoms with E-state index in [2.05, 4.69) is 36.7 Å². The molecule has 9 heteroatoms. The van der Waals surface area contributed by atoms with Gasteiger partial charge in [0.1, 0.15) is 23.6 Å². The number of methoxy groups -OCH3 is 1. The van der Waals surface area contributed by atoms with Crippen LogP contribution in [0.2, 0.25) is 0 Å². The van der Waals surface area contributed by atoms with Crippen molar-refractivity contribution in [1.82, 2.24) is 14.8 Å². The second-order valence-corrected chi connectivity index (χ2v) is 9.29. The van der Waals surface area contributed by atoms with Crippen molar-refractivity contribution in [3.05, 3.63) is 76.5 Å². The fourth-order valence-electron chi connectivity index (χ4n) is 4.91. The monoisotopic (exact) mass is 491 g/mol. The van der Waals surface area contributed by atoms with Gasteiger partial charge in [-0.05, 0) is 24.3 Å². The van der Waals surface area contributed by atoms with Crippen LogP contribution in [0.15, 0.2) is 64.1 Å². The van der Waals surface area contributed by atoms with Gasteiger partial charge in [-0.3, -0.25) is 9.80 Å². The summed E-state index contributed by atoms with van der Waals surface area (Å²) in [4.78, 5) is 25.9. The van der Waals surface area contributed by atoms with Gasteiger partial charge in [0.25, 0.3) is 0 Å². The van der Waals surface area contributed by atoms with E-state index in [0.717, 1.165) is 69.6 Å². The molecule has 0 unspecified atom stereocenters. The maximum absolute atomic E-state index is 12.5. The van der Waals surface area contributed by atoms with E-state index in [1.807, 2.05) is 30.3 Å². The zero-order valence-electron chi connectivity index (χ0n) is 20.7. The molecule has 2 aliphatic rings.